The molecular formula is C15H20IN5O. The minimum Gasteiger partial charge on any atom is -0.497 e. The molecule has 1 unspecified atom stereocenters. The Balaban J connectivity index is 0.00000176. The number of guanidine groups is 1. The van der Waals surface area contributed by atoms with E-state index in [4.69, 9.17) is 10.5 Å². The fraction of sp³-hybridized carbons (Fsp3) is 0.333. The van der Waals surface area contributed by atoms with Crippen LogP contribution in [0.2, 0.25) is 0 Å². The van der Waals surface area contributed by atoms with E-state index < -0.39 is 0 Å². The first-order valence-electron chi connectivity index (χ1n) is 6.99. The average Bonchev–Trinajstić information content (AvgIpc) is 2.95. The molecule has 2 heterocycles. The highest BCUT2D eigenvalue weighted by atomic mass is 127. The molecule has 7 heteroatoms. The number of methoxy groups -OCH3 is 1. The number of benzene rings is 1. The van der Waals surface area contributed by atoms with Gasteiger partial charge in [-0.25, -0.2) is 9.98 Å². The SMILES string of the molecule is COc1cccc(NC(N)=NC2CCn3ccnc3C2)c1.I. The monoisotopic (exact) mass is 413 g/mol. The Kier molecular flexibility index (Phi) is 5.64. The number of aromatic nitrogens is 2. The van der Waals surface area contributed by atoms with Crippen molar-refractivity contribution in [1.29, 1.82) is 0 Å². The van der Waals surface area contributed by atoms with Gasteiger partial charge in [0.2, 0.25) is 0 Å². The average molecular weight is 413 g/mol. The zero-order valence-corrected chi connectivity index (χ0v) is 14.7. The second-order valence-electron chi connectivity index (χ2n) is 5.05. The Morgan fingerprint density at radius 3 is 3.18 bits per heavy atom. The van der Waals surface area contributed by atoms with E-state index in [-0.39, 0.29) is 30.0 Å². The number of halogens is 1. The van der Waals surface area contributed by atoms with Gasteiger partial charge in [-0.2, -0.15) is 0 Å². The van der Waals surface area contributed by atoms with Crippen LogP contribution in [-0.4, -0.2) is 28.7 Å². The molecule has 0 saturated heterocycles. The van der Waals surface area contributed by atoms with Crippen molar-refractivity contribution in [3.05, 3.63) is 42.5 Å². The molecule has 118 valence electrons. The summed E-state index contributed by atoms with van der Waals surface area (Å²) in [5.74, 6) is 2.28. The van der Waals surface area contributed by atoms with Crippen molar-refractivity contribution in [3.8, 4) is 5.75 Å². The number of nitrogens with one attached hydrogen (secondary N) is 1. The molecule has 1 aromatic heterocycles. The molecule has 0 aliphatic carbocycles. The number of aryl methyl sites for hydroxylation is 1. The van der Waals surface area contributed by atoms with Gasteiger partial charge >= 0.3 is 0 Å². The highest BCUT2D eigenvalue weighted by molar-refractivity contribution is 14.0. The van der Waals surface area contributed by atoms with Gasteiger partial charge in [0, 0.05) is 37.1 Å². The van der Waals surface area contributed by atoms with Gasteiger partial charge in [0.1, 0.15) is 11.6 Å². The molecule has 0 bridgehead atoms. The summed E-state index contributed by atoms with van der Waals surface area (Å²) in [6.45, 7) is 0.940. The van der Waals surface area contributed by atoms with E-state index in [1.165, 1.54) is 0 Å². The molecule has 6 nitrogen and oxygen atoms in total. The van der Waals surface area contributed by atoms with E-state index in [1.807, 2.05) is 36.7 Å². The highest BCUT2D eigenvalue weighted by Gasteiger charge is 2.18. The van der Waals surface area contributed by atoms with E-state index in [2.05, 4.69) is 19.9 Å². The van der Waals surface area contributed by atoms with Gasteiger partial charge in [-0.15, -0.1) is 24.0 Å². The lowest BCUT2D eigenvalue weighted by molar-refractivity contribution is 0.415. The first-order valence-corrected chi connectivity index (χ1v) is 6.99. The number of imidazole rings is 1. The third-order valence-corrected chi connectivity index (χ3v) is 3.59. The highest BCUT2D eigenvalue weighted by Crippen LogP contribution is 2.18. The van der Waals surface area contributed by atoms with E-state index in [1.54, 1.807) is 7.11 Å². The van der Waals surface area contributed by atoms with Crippen molar-refractivity contribution in [2.45, 2.75) is 25.4 Å². The summed E-state index contributed by atoms with van der Waals surface area (Å²) in [7, 11) is 1.64. The number of anilines is 1. The number of ether oxygens (including phenoxy) is 1. The normalized spacial score (nSPS) is 17.3. The van der Waals surface area contributed by atoms with Crippen LogP contribution in [0.1, 0.15) is 12.2 Å². The lowest BCUT2D eigenvalue weighted by Crippen LogP contribution is -2.29. The lowest BCUT2D eigenvalue weighted by Gasteiger charge is -2.20. The van der Waals surface area contributed by atoms with Crippen LogP contribution < -0.4 is 15.8 Å². The number of rotatable bonds is 3. The summed E-state index contributed by atoms with van der Waals surface area (Å²) in [4.78, 5) is 8.89. The molecule has 1 aliphatic rings. The van der Waals surface area contributed by atoms with Crippen molar-refractivity contribution >= 4 is 35.6 Å². The van der Waals surface area contributed by atoms with Crippen LogP contribution in [0.4, 0.5) is 5.69 Å². The second-order valence-corrected chi connectivity index (χ2v) is 5.05. The van der Waals surface area contributed by atoms with Crippen LogP contribution in [0.15, 0.2) is 41.7 Å². The number of nitrogens with zero attached hydrogens (tertiary/aromatic N) is 3. The Morgan fingerprint density at radius 2 is 2.36 bits per heavy atom. The van der Waals surface area contributed by atoms with Gasteiger partial charge in [0.25, 0.3) is 0 Å². The number of aliphatic imine (C=N–C) groups is 1. The number of nitrogens with two attached hydrogens (primary N) is 1. The van der Waals surface area contributed by atoms with E-state index in [9.17, 15) is 0 Å². The molecule has 2 aromatic rings. The third-order valence-electron chi connectivity index (χ3n) is 3.59. The minimum absolute atomic E-state index is 0. The van der Waals surface area contributed by atoms with Crippen molar-refractivity contribution in [2.75, 3.05) is 12.4 Å². The van der Waals surface area contributed by atoms with Crippen molar-refractivity contribution in [1.82, 2.24) is 9.55 Å². The van der Waals surface area contributed by atoms with Crippen LogP contribution in [0, 0.1) is 0 Å². The molecule has 1 atom stereocenters. The van der Waals surface area contributed by atoms with Gasteiger partial charge in [-0.3, -0.25) is 0 Å². The van der Waals surface area contributed by atoms with E-state index in [0.29, 0.717) is 5.96 Å². The Morgan fingerprint density at radius 1 is 1.50 bits per heavy atom. The molecule has 0 spiro atoms. The minimum atomic E-state index is 0. The van der Waals surface area contributed by atoms with Gasteiger partial charge in [-0.05, 0) is 18.6 Å². The standard InChI is InChI=1S/C15H19N5O.HI/c1-21-13-4-2-3-11(9-13)18-15(16)19-12-5-7-20-8-6-17-14(20)10-12;/h2-4,6,8-9,12H,5,7,10H2,1H3,(H3,16,18,19);1H. The topological polar surface area (TPSA) is 77.5 Å². The Hall–Kier alpha value is -1.77. The summed E-state index contributed by atoms with van der Waals surface area (Å²) in [6.07, 6.45) is 5.64. The molecule has 0 saturated carbocycles. The van der Waals surface area contributed by atoms with E-state index in [0.717, 1.165) is 36.6 Å². The molecule has 22 heavy (non-hydrogen) atoms. The molecule has 1 aliphatic heterocycles. The van der Waals surface area contributed by atoms with Crippen molar-refractivity contribution < 1.29 is 4.74 Å². The zero-order valence-electron chi connectivity index (χ0n) is 12.4. The molecule has 0 radical (unpaired) electrons. The predicted octanol–water partition coefficient (Wildman–Crippen LogP) is 2.25. The fourth-order valence-corrected chi connectivity index (χ4v) is 2.52. The maximum Gasteiger partial charge on any atom is 0.193 e. The fourth-order valence-electron chi connectivity index (χ4n) is 2.52. The maximum atomic E-state index is 5.99. The molecule has 3 rings (SSSR count). The molecular weight excluding hydrogens is 393 g/mol. The quantitative estimate of drug-likeness (QED) is 0.460. The zero-order chi connectivity index (χ0) is 14.7. The van der Waals surface area contributed by atoms with Gasteiger partial charge < -0.3 is 20.4 Å². The first kappa shape index (κ1) is 16.6. The number of fused-ring (bicyclic) bond motifs is 1. The van der Waals surface area contributed by atoms with E-state index >= 15 is 0 Å². The molecule has 1 aromatic carbocycles. The lowest BCUT2D eigenvalue weighted by atomic mass is 10.1. The van der Waals surface area contributed by atoms with Gasteiger partial charge in [0.15, 0.2) is 5.96 Å². The summed E-state index contributed by atoms with van der Waals surface area (Å²) < 4.78 is 7.35. The van der Waals surface area contributed by atoms with Crippen LogP contribution in [0.25, 0.3) is 0 Å². The summed E-state index contributed by atoms with van der Waals surface area (Å²) in [5, 5.41) is 3.10. The summed E-state index contributed by atoms with van der Waals surface area (Å²) in [5.41, 5.74) is 6.86. The second kappa shape index (κ2) is 7.48. The number of hydrogen-bond acceptors (Lipinski definition) is 3. The smallest absolute Gasteiger partial charge is 0.193 e. The van der Waals surface area contributed by atoms with Gasteiger partial charge in [0.05, 0.1) is 13.2 Å². The van der Waals surface area contributed by atoms with Crippen molar-refractivity contribution in [2.24, 2.45) is 10.7 Å². The summed E-state index contributed by atoms with van der Waals surface area (Å²) >= 11 is 0. The van der Waals surface area contributed by atoms with Crippen LogP contribution >= 0.6 is 24.0 Å². The third kappa shape index (κ3) is 3.90. The van der Waals surface area contributed by atoms with Crippen LogP contribution in [0.5, 0.6) is 5.75 Å². The van der Waals surface area contributed by atoms with Crippen LogP contribution in [0.3, 0.4) is 0 Å². The van der Waals surface area contributed by atoms with Crippen LogP contribution in [-0.2, 0) is 13.0 Å². The molecule has 0 fully saturated rings. The van der Waals surface area contributed by atoms with Crippen molar-refractivity contribution in [3.63, 3.8) is 0 Å². The molecule has 3 N–H and O–H groups in total. The number of hydrogen-bond donors (Lipinski definition) is 2. The maximum absolute atomic E-state index is 5.99. The first-order chi connectivity index (χ1) is 10.2. The Labute approximate surface area is 146 Å². The Bertz CT molecular complexity index is 655. The summed E-state index contributed by atoms with van der Waals surface area (Å²) in [6, 6.07) is 7.79. The molecule has 0 amide bonds. The predicted molar refractivity (Wildman–Crippen MR) is 98.0 cm³/mol. The van der Waals surface area contributed by atoms with Gasteiger partial charge in [-0.1, -0.05) is 6.07 Å². The largest absolute Gasteiger partial charge is 0.497 e.